The molecule has 0 spiro atoms. The first kappa shape index (κ1) is 17.8. The monoisotopic (exact) mass is 376 g/mol. The third-order valence-corrected chi connectivity index (χ3v) is 5.51. The predicted molar refractivity (Wildman–Crippen MR) is 102 cm³/mol. The van der Waals surface area contributed by atoms with Gasteiger partial charge in [0.05, 0.1) is 12.9 Å². The van der Waals surface area contributed by atoms with Crippen LogP contribution in [0.15, 0.2) is 53.1 Å². The molecule has 3 rings (SSSR count). The molecule has 5 nitrogen and oxygen atoms in total. The van der Waals surface area contributed by atoms with Crippen LogP contribution in [-0.4, -0.2) is 34.4 Å². The molecule has 25 heavy (non-hydrogen) atoms. The number of benzene rings is 1. The van der Waals surface area contributed by atoms with E-state index in [0.29, 0.717) is 24.0 Å². The van der Waals surface area contributed by atoms with Crippen LogP contribution < -0.4 is 5.32 Å². The number of hydrogen-bond donors (Lipinski definition) is 1. The van der Waals surface area contributed by atoms with Gasteiger partial charge in [-0.1, -0.05) is 30.3 Å². The molecule has 0 saturated carbocycles. The third kappa shape index (κ3) is 4.16. The quantitative estimate of drug-likeness (QED) is 0.634. The fraction of sp³-hybridized carbons (Fsp3) is 0.333. The molecule has 1 aromatic carbocycles. The van der Waals surface area contributed by atoms with E-state index in [9.17, 15) is 4.79 Å². The van der Waals surface area contributed by atoms with Gasteiger partial charge in [-0.15, -0.1) is 11.8 Å². The number of furan rings is 1. The number of carbonyl (C=O) groups is 1. The van der Waals surface area contributed by atoms with Gasteiger partial charge in [0.2, 0.25) is 0 Å². The number of nitrogens with one attached hydrogen (secondary N) is 1. The van der Waals surface area contributed by atoms with Crippen LogP contribution in [-0.2, 0) is 16.1 Å². The van der Waals surface area contributed by atoms with Gasteiger partial charge in [0, 0.05) is 12.3 Å². The van der Waals surface area contributed by atoms with Crippen molar-refractivity contribution >= 4 is 35.1 Å². The van der Waals surface area contributed by atoms with Gasteiger partial charge in [-0.3, -0.25) is 0 Å². The van der Waals surface area contributed by atoms with Gasteiger partial charge in [-0.2, -0.15) is 0 Å². The van der Waals surface area contributed by atoms with Crippen LogP contribution in [0.1, 0.15) is 23.6 Å². The van der Waals surface area contributed by atoms with Gasteiger partial charge in [-0.05, 0) is 36.8 Å². The SMILES string of the molecule is CCOC(=O)[C@@H]1CS[C@H](c2ccco2)N1C(=S)NCc1ccccc1. The van der Waals surface area contributed by atoms with E-state index in [4.69, 9.17) is 21.4 Å². The Morgan fingerprint density at radius 2 is 2.16 bits per heavy atom. The molecule has 0 amide bonds. The Bertz CT molecular complexity index is 706. The molecule has 132 valence electrons. The minimum Gasteiger partial charge on any atom is -0.466 e. The first-order chi connectivity index (χ1) is 12.2. The average molecular weight is 377 g/mol. The first-order valence-electron chi connectivity index (χ1n) is 8.12. The van der Waals surface area contributed by atoms with Gasteiger partial charge in [0.1, 0.15) is 17.2 Å². The molecule has 1 N–H and O–H groups in total. The summed E-state index contributed by atoms with van der Waals surface area (Å²) in [5, 5.41) is 3.64. The number of carbonyl (C=O) groups excluding carboxylic acids is 1. The van der Waals surface area contributed by atoms with Crippen LogP contribution in [0.3, 0.4) is 0 Å². The Kier molecular flexibility index (Phi) is 5.99. The summed E-state index contributed by atoms with van der Waals surface area (Å²) in [5.41, 5.74) is 1.12. The summed E-state index contributed by atoms with van der Waals surface area (Å²) in [7, 11) is 0. The average Bonchev–Trinajstić information content (AvgIpc) is 3.29. The number of thioether (sulfide) groups is 1. The number of thiocarbonyl (C=S) groups is 1. The molecule has 1 fully saturated rings. The van der Waals surface area contributed by atoms with E-state index in [0.717, 1.165) is 11.3 Å². The van der Waals surface area contributed by atoms with Crippen molar-refractivity contribution in [1.29, 1.82) is 0 Å². The van der Waals surface area contributed by atoms with E-state index in [2.05, 4.69) is 5.32 Å². The van der Waals surface area contributed by atoms with Gasteiger partial charge >= 0.3 is 5.97 Å². The van der Waals surface area contributed by atoms with Crippen molar-refractivity contribution in [3.63, 3.8) is 0 Å². The van der Waals surface area contributed by atoms with Crippen molar-refractivity contribution in [3.05, 3.63) is 60.1 Å². The summed E-state index contributed by atoms with van der Waals surface area (Å²) < 4.78 is 10.8. The molecular weight excluding hydrogens is 356 g/mol. The van der Waals surface area contributed by atoms with Crippen LogP contribution in [0.2, 0.25) is 0 Å². The zero-order chi connectivity index (χ0) is 17.6. The summed E-state index contributed by atoms with van der Waals surface area (Å²) in [6.07, 6.45) is 1.63. The van der Waals surface area contributed by atoms with E-state index in [-0.39, 0.29) is 11.3 Å². The maximum absolute atomic E-state index is 12.4. The Balaban J connectivity index is 1.75. The van der Waals surface area contributed by atoms with Crippen molar-refractivity contribution in [2.24, 2.45) is 0 Å². The first-order valence-corrected chi connectivity index (χ1v) is 9.58. The molecule has 0 unspecified atom stereocenters. The molecule has 1 aliphatic rings. The van der Waals surface area contributed by atoms with E-state index in [1.165, 1.54) is 0 Å². The smallest absolute Gasteiger partial charge is 0.329 e. The Labute approximate surface area is 156 Å². The minimum absolute atomic E-state index is 0.139. The van der Waals surface area contributed by atoms with Crippen LogP contribution >= 0.6 is 24.0 Å². The normalized spacial score (nSPS) is 19.6. The number of nitrogens with zero attached hydrogens (tertiary/aromatic N) is 1. The second-order valence-electron chi connectivity index (χ2n) is 5.52. The Morgan fingerprint density at radius 1 is 1.36 bits per heavy atom. The number of hydrogen-bond acceptors (Lipinski definition) is 5. The standard InChI is InChI=1S/C18H20N2O3S2/c1-2-22-17(21)14-12-25-16(15-9-6-10-23-15)20(14)18(24)19-11-13-7-4-3-5-8-13/h3-10,14,16H,2,11-12H2,1H3,(H,19,24)/t14-,16+/m0/s1. The molecule has 0 radical (unpaired) electrons. The molecule has 7 heteroatoms. The van der Waals surface area contributed by atoms with E-state index in [1.807, 2.05) is 47.4 Å². The molecule has 1 saturated heterocycles. The Hall–Kier alpha value is -1.99. The molecule has 0 aliphatic carbocycles. The second-order valence-corrected chi connectivity index (χ2v) is 7.02. The fourth-order valence-electron chi connectivity index (χ4n) is 2.69. The topological polar surface area (TPSA) is 54.7 Å². The van der Waals surface area contributed by atoms with Gasteiger partial charge in [-0.25, -0.2) is 4.79 Å². The molecule has 2 atom stereocenters. The van der Waals surface area contributed by atoms with Gasteiger partial charge < -0.3 is 19.4 Å². The highest BCUT2D eigenvalue weighted by Crippen LogP contribution is 2.41. The molecule has 1 aliphatic heterocycles. The van der Waals surface area contributed by atoms with Crippen LogP contribution in [0, 0.1) is 0 Å². The maximum atomic E-state index is 12.4. The molecule has 2 aromatic rings. The third-order valence-electron chi connectivity index (χ3n) is 3.87. The lowest BCUT2D eigenvalue weighted by Gasteiger charge is -2.29. The van der Waals surface area contributed by atoms with E-state index >= 15 is 0 Å². The summed E-state index contributed by atoms with van der Waals surface area (Å²) in [6, 6.07) is 13.3. The lowest BCUT2D eigenvalue weighted by atomic mass is 10.2. The van der Waals surface area contributed by atoms with Crippen molar-refractivity contribution in [3.8, 4) is 0 Å². The van der Waals surface area contributed by atoms with Crippen LogP contribution in [0.25, 0.3) is 0 Å². The predicted octanol–water partition coefficient (Wildman–Crippen LogP) is 3.33. The van der Waals surface area contributed by atoms with Crippen molar-refractivity contribution in [1.82, 2.24) is 10.2 Å². The summed E-state index contributed by atoms with van der Waals surface area (Å²) in [4.78, 5) is 14.2. The summed E-state index contributed by atoms with van der Waals surface area (Å²) in [6.45, 7) is 2.76. The summed E-state index contributed by atoms with van der Waals surface area (Å²) in [5.74, 6) is 1.13. The van der Waals surface area contributed by atoms with E-state index < -0.39 is 6.04 Å². The lowest BCUT2D eigenvalue weighted by molar-refractivity contribution is -0.147. The fourth-order valence-corrected chi connectivity index (χ4v) is 4.43. The lowest BCUT2D eigenvalue weighted by Crippen LogP contribution is -2.48. The second kappa shape index (κ2) is 8.40. The zero-order valence-electron chi connectivity index (χ0n) is 13.9. The summed E-state index contributed by atoms with van der Waals surface area (Å²) >= 11 is 7.22. The Morgan fingerprint density at radius 3 is 2.84 bits per heavy atom. The zero-order valence-corrected chi connectivity index (χ0v) is 15.5. The van der Waals surface area contributed by atoms with Crippen molar-refractivity contribution in [2.45, 2.75) is 24.9 Å². The van der Waals surface area contributed by atoms with Crippen molar-refractivity contribution < 1.29 is 13.9 Å². The molecule has 1 aromatic heterocycles. The highest BCUT2D eigenvalue weighted by Gasteiger charge is 2.42. The highest BCUT2D eigenvalue weighted by molar-refractivity contribution is 7.99. The number of ether oxygens (including phenoxy) is 1. The van der Waals surface area contributed by atoms with Crippen LogP contribution in [0.4, 0.5) is 0 Å². The van der Waals surface area contributed by atoms with Gasteiger partial charge in [0.25, 0.3) is 0 Å². The minimum atomic E-state index is -0.421. The molecule has 0 bridgehead atoms. The molecular formula is C18H20N2O3S2. The number of rotatable bonds is 5. The van der Waals surface area contributed by atoms with Crippen molar-refractivity contribution in [2.75, 3.05) is 12.4 Å². The van der Waals surface area contributed by atoms with E-state index in [1.54, 1.807) is 24.9 Å². The van der Waals surface area contributed by atoms with Crippen LogP contribution in [0.5, 0.6) is 0 Å². The largest absolute Gasteiger partial charge is 0.466 e. The number of esters is 1. The molecule has 2 heterocycles. The highest BCUT2D eigenvalue weighted by atomic mass is 32.2. The maximum Gasteiger partial charge on any atom is 0.329 e. The van der Waals surface area contributed by atoms with Gasteiger partial charge in [0.15, 0.2) is 5.11 Å².